The maximum Gasteiger partial charge on any atom is 0.339 e. The number of aromatic carboxylic acids is 1. The Kier molecular flexibility index (Phi) is 2.84. The molecule has 0 bridgehead atoms. The average Bonchev–Trinajstić information content (AvgIpc) is 2.03. The van der Waals surface area contributed by atoms with Gasteiger partial charge in [0.25, 0.3) is 0 Å². The molecule has 0 aliphatic rings. The molecule has 0 saturated heterocycles. The number of hydrogen-bond donors (Lipinski definition) is 2. The Balaban J connectivity index is 2.98. The lowest BCUT2D eigenvalue weighted by atomic mass is 10.2. The first kappa shape index (κ1) is 9.51. The Morgan fingerprint density at radius 1 is 1.62 bits per heavy atom. The minimum absolute atomic E-state index is 0.174. The summed E-state index contributed by atoms with van der Waals surface area (Å²) in [5, 5.41) is 11.8. The Morgan fingerprint density at radius 2 is 2.31 bits per heavy atom. The van der Waals surface area contributed by atoms with Gasteiger partial charge in [-0.1, -0.05) is 0 Å². The number of anilines is 1. The lowest BCUT2D eigenvalue weighted by Gasteiger charge is -2.10. The fraction of sp³-hybridized carbons (Fsp3) is 0.333. The molecule has 0 aliphatic heterocycles. The van der Waals surface area contributed by atoms with Crippen molar-refractivity contribution in [1.82, 2.24) is 4.98 Å². The van der Waals surface area contributed by atoms with E-state index >= 15 is 0 Å². The van der Waals surface area contributed by atoms with Crippen molar-refractivity contribution < 1.29 is 9.90 Å². The van der Waals surface area contributed by atoms with E-state index in [-0.39, 0.29) is 11.6 Å². The number of nitrogens with zero attached hydrogens (tertiary/aromatic N) is 1. The van der Waals surface area contributed by atoms with E-state index in [1.54, 1.807) is 12.3 Å². The van der Waals surface area contributed by atoms with Crippen molar-refractivity contribution in [2.24, 2.45) is 0 Å². The molecular formula is C9H12N2O2. The van der Waals surface area contributed by atoms with E-state index < -0.39 is 5.97 Å². The Morgan fingerprint density at radius 3 is 2.85 bits per heavy atom. The van der Waals surface area contributed by atoms with E-state index in [0.717, 1.165) is 0 Å². The molecule has 2 N–H and O–H groups in total. The number of carboxylic acids is 1. The predicted octanol–water partition coefficient (Wildman–Crippen LogP) is 1.60. The normalized spacial score (nSPS) is 10.1. The third-order valence-electron chi connectivity index (χ3n) is 1.46. The summed E-state index contributed by atoms with van der Waals surface area (Å²) in [4.78, 5) is 14.7. The molecule has 4 nitrogen and oxygen atoms in total. The van der Waals surface area contributed by atoms with Crippen LogP contribution in [0.1, 0.15) is 24.2 Å². The van der Waals surface area contributed by atoms with E-state index in [0.29, 0.717) is 5.82 Å². The van der Waals surface area contributed by atoms with E-state index in [9.17, 15) is 4.79 Å². The third kappa shape index (κ3) is 2.43. The first-order valence-electron chi connectivity index (χ1n) is 4.06. The summed E-state index contributed by atoms with van der Waals surface area (Å²) in [6.45, 7) is 3.86. The van der Waals surface area contributed by atoms with Crippen LogP contribution in [0.2, 0.25) is 0 Å². The number of nitrogens with one attached hydrogen (secondary N) is 1. The second kappa shape index (κ2) is 3.89. The van der Waals surface area contributed by atoms with Crippen LogP contribution >= 0.6 is 0 Å². The summed E-state index contributed by atoms with van der Waals surface area (Å²) >= 11 is 0. The zero-order valence-corrected chi connectivity index (χ0v) is 7.61. The fourth-order valence-corrected chi connectivity index (χ4v) is 0.966. The summed E-state index contributed by atoms with van der Waals surface area (Å²) < 4.78 is 0. The molecule has 4 heteroatoms. The highest BCUT2D eigenvalue weighted by Gasteiger charge is 2.10. The van der Waals surface area contributed by atoms with E-state index in [2.05, 4.69) is 10.3 Å². The molecule has 0 aliphatic carbocycles. The maximum absolute atomic E-state index is 10.7. The van der Waals surface area contributed by atoms with Crippen molar-refractivity contribution in [3.8, 4) is 0 Å². The molecule has 0 saturated carbocycles. The fourth-order valence-electron chi connectivity index (χ4n) is 0.966. The van der Waals surface area contributed by atoms with Gasteiger partial charge in [-0.3, -0.25) is 0 Å². The van der Waals surface area contributed by atoms with Gasteiger partial charge in [0.15, 0.2) is 0 Å². The Labute approximate surface area is 76.6 Å². The summed E-state index contributed by atoms with van der Waals surface area (Å²) in [5.74, 6) is -0.541. The lowest BCUT2D eigenvalue weighted by molar-refractivity contribution is 0.0697. The number of carbonyl (C=O) groups is 1. The van der Waals surface area contributed by atoms with Gasteiger partial charge in [0, 0.05) is 12.2 Å². The zero-order valence-electron chi connectivity index (χ0n) is 7.61. The highest BCUT2D eigenvalue weighted by atomic mass is 16.4. The van der Waals surface area contributed by atoms with Gasteiger partial charge in [0.2, 0.25) is 0 Å². The number of rotatable bonds is 3. The molecule has 0 unspecified atom stereocenters. The Bertz CT molecular complexity index is 310. The van der Waals surface area contributed by atoms with Gasteiger partial charge in [-0.2, -0.15) is 0 Å². The molecule has 0 fully saturated rings. The van der Waals surface area contributed by atoms with Crippen molar-refractivity contribution >= 4 is 11.8 Å². The van der Waals surface area contributed by atoms with E-state index in [1.165, 1.54) is 6.07 Å². The third-order valence-corrected chi connectivity index (χ3v) is 1.46. The van der Waals surface area contributed by atoms with Crippen LogP contribution < -0.4 is 5.32 Å². The molecule has 0 amide bonds. The van der Waals surface area contributed by atoms with Crippen LogP contribution in [0.4, 0.5) is 5.82 Å². The highest BCUT2D eigenvalue weighted by Crippen LogP contribution is 2.11. The van der Waals surface area contributed by atoms with Crippen molar-refractivity contribution in [2.75, 3.05) is 5.32 Å². The number of hydrogen-bond acceptors (Lipinski definition) is 3. The smallest absolute Gasteiger partial charge is 0.339 e. The van der Waals surface area contributed by atoms with Gasteiger partial charge in [-0.25, -0.2) is 9.78 Å². The monoisotopic (exact) mass is 180 g/mol. The van der Waals surface area contributed by atoms with Crippen molar-refractivity contribution in [3.05, 3.63) is 23.9 Å². The van der Waals surface area contributed by atoms with Crippen molar-refractivity contribution in [1.29, 1.82) is 0 Å². The number of pyridine rings is 1. The molecule has 0 spiro atoms. The molecule has 0 radical (unpaired) electrons. The summed E-state index contributed by atoms with van der Waals surface area (Å²) in [5.41, 5.74) is 0.205. The standard InChI is InChI=1S/C9H12N2O2/c1-6(2)11-8-7(9(12)13)4-3-5-10-8/h3-6H,1-2H3,(H,10,11)(H,12,13). The second-order valence-electron chi connectivity index (χ2n) is 3.00. The molecular weight excluding hydrogens is 168 g/mol. The van der Waals surface area contributed by atoms with Crippen LogP contribution in [-0.4, -0.2) is 22.1 Å². The minimum atomic E-state index is -0.962. The zero-order chi connectivity index (χ0) is 9.84. The van der Waals surface area contributed by atoms with Crippen LogP contribution in [0.15, 0.2) is 18.3 Å². The molecule has 13 heavy (non-hydrogen) atoms. The molecule has 1 heterocycles. The van der Waals surface area contributed by atoms with Crippen LogP contribution in [0.3, 0.4) is 0 Å². The number of aromatic nitrogens is 1. The van der Waals surface area contributed by atoms with Crippen LogP contribution in [-0.2, 0) is 0 Å². The average molecular weight is 180 g/mol. The summed E-state index contributed by atoms with van der Waals surface area (Å²) in [6, 6.07) is 3.31. The topological polar surface area (TPSA) is 62.2 Å². The van der Waals surface area contributed by atoms with E-state index in [4.69, 9.17) is 5.11 Å². The quantitative estimate of drug-likeness (QED) is 0.741. The van der Waals surface area contributed by atoms with Gasteiger partial charge in [0.05, 0.1) is 0 Å². The van der Waals surface area contributed by atoms with Crippen LogP contribution in [0, 0.1) is 0 Å². The summed E-state index contributed by atoms with van der Waals surface area (Å²) in [7, 11) is 0. The predicted molar refractivity (Wildman–Crippen MR) is 50.0 cm³/mol. The first-order chi connectivity index (χ1) is 6.11. The van der Waals surface area contributed by atoms with Gasteiger partial charge >= 0.3 is 5.97 Å². The van der Waals surface area contributed by atoms with Gasteiger partial charge < -0.3 is 10.4 Å². The molecule has 1 aromatic rings. The minimum Gasteiger partial charge on any atom is -0.478 e. The van der Waals surface area contributed by atoms with Crippen molar-refractivity contribution in [2.45, 2.75) is 19.9 Å². The van der Waals surface area contributed by atoms with Gasteiger partial charge in [-0.05, 0) is 26.0 Å². The molecule has 0 aromatic carbocycles. The van der Waals surface area contributed by atoms with E-state index in [1.807, 2.05) is 13.8 Å². The van der Waals surface area contributed by atoms with Crippen LogP contribution in [0.5, 0.6) is 0 Å². The molecule has 70 valence electrons. The maximum atomic E-state index is 10.7. The van der Waals surface area contributed by atoms with Crippen molar-refractivity contribution in [3.63, 3.8) is 0 Å². The van der Waals surface area contributed by atoms with Crippen LogP contribution in [0.25, 0.3) is 0 Å². The highest BCUT2D eigenvalue weighted by molar-refractivity contribution is 5.92. The first-order valence-corrected chi connectivity index (χ1v) is 4.06. The molecule has 1 rings (SSSR count). The summed E-state index contributed by atoms with van der Waals surface area (Å²) in [6.07, 6.45) is 1.57. The number of carboxylic acid groups (broad SMARTS) is 1. The lowest BCUT2D eigenvalue weighted by Crippen LogP contribution is -2.14. The molecule has 0 atom stereocenters. The van der Waals surface area contributed by atoms with Gasteiger partial charge in [0.1, 0.15) is 11.4 Å². The molecule has 1 aromatic heterocycles. The Hall–Kier alpha value is -1.58. The van der Waals surface area contributed by atoms with Gasteiger partial charge in [-0.15, -0.1) is 0 Å². The largest absolute Gasteiger partial charge is 0.478 e. The SMILES string of the molecule is CC(C)Nc1ncccc1C(=O)O. The second-order valence-corrected chi connectivity index (χ2v) is 3.00.